The van der Waals surface area contributed by atoms with Crippen molar-refractivity contribution < 1.29 is 28.7 Å². The molecule has 7 heteroatoms. The number of hydrogen-bond acceptors (Lipinski definition) is 5. The van der Waals surface area contributed by atoms with Crippen LogP contribution in [0.5, 0.6) is 0 Å². The zero-order valence-electron chi connectivity index (χ0n) is 11.9. The Balaban J connectivity index is 2.52. The minimum absolute atomic E-state index is 0.217. The molecule has 0 fully saturated rings. The summed E-state index contributed by atoms with van der Waals surface area (Å²) in [6.07, 6.45) is -1.50. The van der Waals surface area contributed by atoms with E-state index in [1.54, 1.807) is 12.1 Å². The first-order valence-electron chi connectivity index (χ1n) is 6.32. The molecule has 0 radical (unpaired) electrons. The third kappa shape index (κ3) is 5.49. The number of hydrogen-bond donors (Lipinski definition) is 1. The second-order valence-electron chi connectivity index (χ2n) is 4.30. The highest BCUT2D eigenvalue weighted by atomic mass is 19.1. The maximum absolute atomic E-state index is 12.8. The number of ether oxygens (including phenoxy) is 1. The minimum atomic E-state index is -1.52. The van der Waals surface area contributed by atoms with Gasteiger partial charge in [0.1, 0.15) is 5.82 Å². The molecular weight excluding hydrogens is 281 g/mol. The van der Waals surface area contributed by atoms with Gasteiger partial charge < -0.3 is 9.84 Å². The Hall–Kier alpha value is -1.99. The van der Waals surface area contributed by atoms with Crippen LogP contribution in [-0.4, -0.2) is 48.9 Å². The highest BCUT2D eigenvalue weighted by molar-refractivity contribution is 5.83. The molecule has 1 amide bonds. The maximum atomic E-state index is 12.8. The number of hydroxylamine groups is 2. The number of aliphatic hydroxyl groups excluding tert-OH is 1. The predicted octanol–water partition coefficient (Wildman–Crippen LogP) is 0.682. The second kappa shape index (κ2) is 8.33. The van der Waals surface area contributed by atoms with E-state index >= 15 is 0 Å². The van der Waals surface area contributed by atoms with Crippen molar-refractivity contribution >= 4 is 11.9 Å². The number of halogens is 1. The van der Waals surface area contributed by atoms with Crippen LogP contribution < -0.4 is 0 Å². The van der Waals surface area contributed by atoms with Gasteiger partial charge in [0.05, 0.1) is 27.2 Å². The number of carbonyl (C=O) groups excluding carboxylic acids is 2. The van der Waals surface area contributed by atoms with Gasteiger partial charge in [0, 0.05) is 0 Å². The summed E-state index contributed by atoms with van der Waals surface area (Å²) >= 11 is 0. The summed E-state index contributed by atoms with van der Waals surface area (Å²) in [5.74, 6) is -1.75. The third-order valence-corrected chi connectivity index (χ3v) is 2.86. The molecule has 1 rings (SSSR count). The molecule has 0 saturated carbocycles. The molecule has 0 aromatic heterocycles. The molecule has 0 bridgehead atoms. The van der Waals surface area contributed by atoms with E-state index in [2.05, 4.69) is 4.74 Å². The Morgan fingerprint density at radius 1 is 1.29 bits per heavy atom. The monoisotopic (exact) mass is 299 g/mol. The lowest BCUT2D eigenvalue weighted by molar-refractivity contribution is -0.180. The Bertz CT molecular complexity index is 477. The molecular formula is C14H18FNO5. The molecule has 0 spiro atoms. The van der Waals surface area contributed by atoms with Crippen molar-refractivity contribution in [3.8, 4) is 0 Å². The summed E-state index contributed by atoms with van der Waals surface area (Å²) in [6.45, 7) is 0.217. The van der Waals surface area contributed by atoms with Gasteiger partial charge in [-0.15, -0.1) is 0 Å². The number of benzene rings is 1. The number of rotatable bonds is 7. The van der Waals surface area contributed by atoms with Crippen molar-refractivity contribution in [2.24, 2.45) is 0 Å². The summed E-state index contributed by atoms with van der Waals surface area (Å²) in [5, 5.41) is 10.5. The molecule has 1 aromatic carbocycles. The van der Waals surface area contributed by atoms with Gasteiger partial charge in [0.2, 0.25) is 5.91 Å². The Morgan fingerprint density at radius 2 is 1.90 bits per heavy atom. The lowest BCUT2D eigenvalue weighted by Crippen LogP contribution is -2.36. The number of carbonyl (C=O) groups is 2. The highest BCUT2D eigenvalue weighted by Gasteiger charge is 2.23. The zero-order valence-corrected chi connectivity index (χ0v) is 11.9. The van der Waals surface area contributed by atoms with Crippen LogP contribution >= 0.6 is 0 Å². The lowest BCUT2D eigenvalue weighted by atomic mass is 10.1. The smallest absolute Gasteiger partial charge is 0.335 e. The quantitative estimate of drug-likeness (QED) is 0.592. The molecule has 1 unspecified atom stereocenters. The van der Waals surface area contributed by atoms with Gasteiger partial charge in [-0.3, -0.25) is 9.63 Å². The fraction of sp³-hybridized carbons (Fsp3) is 0.429. The van der Waals surface area contributed by atoms with Crippen LogP contribution in [-0.2, 0) is 25.6 Å². The van der Waals surface area contributed by atoms with Crippen LogP contribution in [0.2, 0.25) is 0 Å². The maximum Gasteiger partial charge on any atom is 0.335 e. The van der Waals surface area contributed by atoms with Crippen LogP contribution in [0, 0.1) is 5.82 Å². The summed E-state index contributed by atoms with van der Waals surface area (Å²) < 4.78 is 17.1. The number of nitrogens with zero attached hydrogens (tertiary/aromatic N) is 1. The van der Waals surface area contributed by atoms with Gasteiger partial charge in [0.15, 0.2) is 6.10 Å². The van der Waals surface area contributed by atoms with Crippen LogP contribution in [0.3, 0.4) is 0 Å². The average Bonchev–Trinajstić information content (AvgIpc) is 2.48. The Morgan fingerprint density at radius 3 is 2.43 bits per heavy atom. The SMILES string of the molecule is COC(=O)C(O)CC(=O)N(CCc1ccc(F)cc1)OC. The Kier molecular flexibility index (Phi) is 6.77. The first-order chi connectivity index (χ1) is 9.97. The normalized spacial score (nSPS) is 11.8. The topological polar surface area (TPSA) is 76.1 Å². The largest absolute Gasteiger partial charge is 0.467 e. The summed E-state index contributed by atoms with van der Waals surface area (Å²) in [7, 11) is 2.44. The van der Waals surface area contributed by atoms with E-state index in [9.17, 15) is 19.1 Å². The molecule has 1 atom stereocenters. The van der Waals surface area contributed by atoms with Gasteiger partial charge in [0.25, 0.3) is 0 Å². The molecule has 1 N–H and O–H groups in total. The van der Waals surface area contributed by atoms with E-state index in [-0.39, 0.29) is 12.4 Å². The molecule has 116 valence electrons. The summed E-state index contributed by atoms with van der Waals surface area (Å²) in [4.78, 5) is 27.8. The lowest BCUT2D eigenvalue weighted by Gasteiger charge is -2.20. The third-order valence-electron chi connectivity index (χ3n) is 2.86. The van der Waals surface area contributed by atoms with Crippen molar-refractivity contribution in [2.75, 3.05) is 20.8 Å². The van der Waals surface area contributed by atoms with E-state index in [1.807, 2.05) is 0 Å². The number of amides is 1. The standard InChI is InChI=1S/C14H18FNO5/c1-20-14(19)12(17)9-13(18)16(21-2)8-7-10-3-5-11(15)6-4-10/h3-6,12,17H,7-9H2,1-2H3. The molecule has 0 aliphatic carbocycles. The number of esters is 1. The number of methoxy groups -OCH3 is 1. The van der Waals surface area contributed by atoms with Crippen LogP contribution in [0.15, 0.2) is 24.3 Å². The average molecular weight is 299 g/mol. The van der Waals surface area contributed by atoms with Crippen molar-refractivity contribution in [2.45, 2.75) is 18.9 Å². The van der Waals surface area contributed by atoms with Crippen molar-refractivity contribution in [3.63, 3.8) is 0 Å². The van der Waals surface area contributed by atoms with Gasteiger partial charge >= 0.3 is 5.97 Å². The predicted molar refractivity (Wildman–Crippen MR) is 71.5 cm³/mol. The fourth-order valence-corrected chi connectivity index (χ4v) is 1.69. The fourth-order valence-electron chi connectivity index (χ4n) is 1.69. The minimum Gasteiger partial charge on any atom is -0.467 e. The number of aliphatic hydroxyl groups is 1. The van der Waals surface area contributed by atoms with E-state index in [4.69, 9.17) is 4.84 Å². The highest BCUT2D eigenvalue weighted by Crippen LogP contribution is 2.07. The second-order valence-corrected chi connectivity index (χ2v) is 4.30. The molecule has 21 heavy (non-hydrogen) atoms. The van der Waals surface area contributed by atoms with Crippen LogP contribution in [0.1, 0.15) is 12.0 Å². The van der Waals surface area contributed by atoms with Crippen LogP contribution in [0.25, 0.3) is 0 Å². The Labute approximate surface area is 122 Å². The first-order valence-corrected chi connectivity index (χ1v) is 6.32. The van der Waals surface area contributed by atoms with Gasteiger partial charge in [-0.05, 0) is 24.1 Å². The zero-order chi connectivity index (χ0) is 15.8. The summed E-state index contributed by atoms with van der Waals surface area (Å²) in [6, 6.07) is 5.87. The van der Waals surface area contributed by atoms with Gasteiger partial charge in [-0.25, -0.2) is 14.2 Å². The van der Waals surface area contributed by atoms with Crippen molar-refractivity contribution in [3.05, 3.63) is 35.6 Å². The van der Waals surface area contributed by atoms with E-state index in [1.165, 1.54) is 19.2 Å². The molecule has 0 saturated heterocycles. The van der Waals surface area contributed by atoms with Gasteiger partial charge in [-0.1, -0.05) is 12.1 Å². The van der Waals surface area contributed by atoms with E-state index < -0.39 is 24.4 Å². The van der Waals surface area contributed by atoms with E-state index in [0.29, 0.717) is 6.42 Å². The molecule has 0 aliphatic rings. The van der Waals surface area contributed by atoms with Gasteiger partial charge in [-0.2, -0.15) is 0 Å². The molecule has 0 aliphatic heterocycles. The summed E-state index contributed by atoms with van der Waals surface area (Å²) in [5.41, 5.74) is 0.833. The molecule has 1 aromatic rings. The van der Waals surface area contributed by atoms with Crippen molar-refractivity contribution in [1.29, 1.82) is 0 Å². The van der Waals surface area contributed by atoms with Crippen LogP contribution in [0.4, 0.5) is 4.39 Å². The molecule has 0 heterocycles. The molecule has 6 nitrogen and oxygen atoms in total. The first kappa shape index (κ1) is 17.1. The van der Waals surface area contributed by atoms with E-state index in [0.717, 1.165) is 17.7 Å². The van der Waals surface area contributed by atoms with Crippen molar-refractivity contribution in [1.82, 2.24) is 5.06 Å².